The van der Waals surface area contributed by atoms with Crippen LogP contribution in [0.25, 0.3) is 0 Å². The quantitative estimate of drug-likeness (QED) is 0.433. The number of carbonyl (C=O) groups is 3. The molecule has 0 bridgehead atoms. The molecule has 2 rings (SSSR count). The highest BCUT2D eigenvalue weighted by Crippen LogP contribution is 2.24. The molecule has 0 radical (unpaired) electrons. The van der Waals surface area contributed by atoms with Crippen molar-refractivity contribution < 1.29 is 29.0 Å². The van der Waals surface area contributed by atoms with Crippen molar-refractivity contribution in [2.75, 3.05) is 6.61 Å². The summed E-state index contributed by atoms with van der Waals surface area (Å²) in [5.74, 6) is 0.414. The molecule has 2 N–H and O–H groups in total. The van der Waals surface area contributed by atoms with Crippen molar-refractivity contribution in [2.45, 2.75) is 155 Å². The van der Waals surface area contributed by atoms with Crippen LogP contribution in [0.4, 0.5) is 0 Å². The number of aliphatic hydroxyl groups excluding tert-OH is 1. The number of ether oxygens (including phenoxy) is 2. The summed E-state index contributed by atoms with van der Waals surface area (Å²) in [7, 11) is 0. The lowest BCUT2D eigenvalue weighted by Gasteiger charge is -2.35. The Labute approximate surface area is 229 Å². The zero-order valence-corrected chi connectivity index (χ0v) is 23.7. The smallest absolute Gasteiger partial charge is 0.166 e. The maximum Gasteiger partial charge on any atom is 0.166 e. The second-order valence-corrected chi connectivity index (χ2v) is 12.6. The summed E-state index contributed by atoms with van der Waals surface area (Å²) in [5.41, 5.74) is -0.919. The number of Topliss-reactive ketones (excluding diaryl/α,β-unsaturated/α-hetero) is 3. The minimum Gasteiger partial charge on any atom is -0.386 e. The Morgan fingerprint density at radius 3 is 1.57 bits per heavy atom. The molecule has 37 heavy (non-hydrogen) atoms. The molecule has 224 valence electrons. The van der Waals surface area contributed by atoms with Crippen LogP contribution in [0.1, 0.15) is 125 Å². The van der Waals surface area contributed by atoms with E-state index >= 15 is 0 Å². The predicted octanol–water partition coefficient (Wildman–Crippen LogP) is 6.39. The molecule has 7 heteroatoms. The SMILES string of the molecule is C.C.C.CC(C)(C)C(=O)C1CCCO1.C[C@@H]1NC(C(=O)C(C)(C)C)C[C@H](C)O1.C[C@H](O)C(=O)C(C)(C)C. The van der Waals surface area contributed by atoms with Gasteiger partial charge < -0.3 is 14.6 Å². The number of nitrogens with one attached hydrogen (secondary N) is 1. The minimum absolute atomic E-state index is 0. The van der Waals surface area contributed by atoms with Crippen molar-refractivity contribution in [1.29, 1.82) is 0 Å². The molecule has 0 aromatic carbocycles. The van der Waals surface area contributed by atoms with Crippen LogP contribution in [0.3, 0.4) is 0 Å². The van der Waals surface area contributed by atoms with Crippen LogP contribution in [0, 0.1) is 16.2 Å². The van der Waals surface area contributed by atoms with Gasteiger partial charge in [0.25, 0.3) is 0 Å². The molecule has 0 amide bonds. The first kappa shape index (κ1) is 42.9. The Morgan fingerprint density at radius 1 is 0.838 bits per heavy atom. The van der Waals surface area contributed by atoms with Crippen molar-refractivity contribution in [1.82, 2.24) is 5.32 Å². The summed E-state index contributed by atoms with van der Waals surface area (Å²) in [6.45, 7) is 23.3. The number of aliphatic hydroxyl groups is 1. The second kappa shape index (κ2) is 17.4. The number of hydrogen-bond donors (Lipinski definition) is 2. The minimum atomic E-state index is -0.829. The van der Waals surface area contributed by atoms with Crippen LogP contribution >= 0.6 is 0 Å². The van der Waals surface area contributed by atoms with Crippen LogP contribution in [-0.2, 0) is 23.9 Å². The van der Waals surface area contributed by atoms with Gasteiger partial charge in [-0.1, -0.05) is 84.6 Å². The molecule has 0 spiro atoms. The first-order valence-electron chi connectivity index (χ1n) is 12.5. The highest BCUT2D eigenvalue weighted by atomic mass is 16.5. The van der Waals surface area contributed by atoms with Crippen molar-refractivity contribution in [3.63, 3.8) is 0 Å². The monoisotopic (exact) mass is 533 g/mol. The van der Waals surface area contributed by atoms with Gasteiger partial charge >= 0.3 is 0 Å². The Morgan fingerprint density at radius 2 is 1.30 bits per heavy atom. The first-order chi connectivity index (χ1) is 15.2. The summed E-state index contributed by atoms with van der Waals surface area (Å²) in [5, 5.41) is 12.0. The fourth-order valence-electron chi connectivity index (χ4n) is 3.73. The van der Waals surface area contributed by atoms with Gasteiger partial charge in [0.05, 0.1) is 12.1 Å². The molecule has 0 aromatic heterocycles. The van der Waals surface area contributed by atoms with Crippen molar-refractivity contribution in [3.8, 4) is 0 Å². The zero-order chi connectivity index (χ0) is 27.1. The standard InChI is InChI=1S/C11H21NO2.C9H16O2.C7H14O2.3CH4/c1-7-6-9(12-8(2)14-7)10(13)11(3,4)5;1-9(2,3)8(10)7-5-4-6-11-7;1-5(8)6(9)7(2,3)4;;;/h7-9,12H,6H2,1-5H3;7H,4-6H2,1-3H3;5,8H,1-4H3;3*1H4/t7-,8+,9?;;5-;;;/m0.0.../s1. The lowest BCUT2D eigenvalue weighted by Crippen LogP contribution is -2.53. The first-order valence-corrected chi connectivity index (χ1v) is 12.5. The van der Waals surface area contributed by atoms with E-state index in [0.717, 1.165) is 25.9 Å². The van der Waals surface area contributed by atoms with Crippen LogP contribution in [-0.4, -0.2) is 59.6 Å². The van der Waals surface area contributed by atoms with Crippen molar-refractivity contribution >= 4 is 17.3 Å². The van der Waals surface area contributed by atoms with Gasteiger partial charge in [-0.2, -0.15) is 0 Å². The second-order valence-electron chi connectivity index (χ2n) is 12.6. The highest BCUT2D eigenvalue weighted by molar-refractivity contribution is 5.89. The van der Waals surface area contributed by atoms with Gasteiger partial charge in [-0.25, -0.2) is 0 Å². The Hall–Kier alpha value is -1.15. The molecule has 2 unspecified atom stereocenters. The Kier molecular flexibility index (Phi) is 20.2. The maximum atomic E-state index is 12.0. The molecule has 0 saturated carbocycles. The molecule has 0 aromatic rings. The van der Waals surface area contributed by atoms with E-state index in [0.29, 0.717) is 0 Å². The van der Waals surface area contributed by atoms with Crippen LogP contribution in [0.5, 0.6) is 0 Å². The largest absolute Gasteiger partial charge is 0.386 e. The number of ketones is 3. The average molecular weight is 534 g/mol. The fourth-order valence-corrected chi connectivity index (χ4v) is 3.73. The summed E-state index contributed by atoms with van der Waals surface area (Å²) >= 11 is 0. The van der Waals surface area contributed by atoms with Gasteiger partial charge in [-0.3, -0.25) is 19.7 Å². The van der Waals surface area contributed by atoms with Gasteiger partial charge in [0.2, 0.25) is 0 Å². The van der Waals surface area contributed by atoms with Gasteiger partial charge in [0, 0.05) is 22.9 Å². The number of hydrogen-bond acceptors (Lipinski definition) is 7. The maximum absolute atomic E-state index is 12.0. The van der Waals surface area contributed by atoms with E-state index in [-0.39, 0.29) is 74.9 Å². The summed E-state index contributed by atoms with van der Waals surface area (Å²) in [6, 6.07) is -0.0475. The van der Waals surface area contributed by atoms with E-state index in [9.17, 15) is 14.4 Å². The van der Waals surface area contributed by atoms with Gasteiger partial charge in [-0.05, 0) is 40.0 Å². The van der Waals surface area contributed by atoms with Gasteiger partial charge in [-0.15, -0.1) is 0 Å². The van der Waals surface area contributed by atoms with Crippen LogP contribution < -0.4 is 5.32 Å². The molecule has 2 aliphatic heterocycles. The third kappa shape index (κ3) is 16.4. The Balaban J connectivity index is -0.000000217. The van der Waals surface area contributed by atoms with E-state index in [1.54, 1.807) is 20.8 Å². The lowest BCUT2D eigenvalue weighted by molar-refractivity contribution is -0.136. The number of carbonyl (C=O) groups excluding carboxylic acids is 3. The van der Waals surface area contributed by atoms with Crippen LogP contribution in [0.15, 0.2) is 0 Å². The molecule has 2 saturated heterocycles. The molecule has 5 atom stereocenters. The third-order valence-electron chi connectivity index (χ3n) is 5.58. The molecule has 2 heterocycles. The molecule has 0 aliphatic carbocycles. The van der Waals surface area contributed by atoms with Crippen molar-refractivity contribution in [3.05, 3.63) is 0 Å². The molecular weight excluding hydrogens is 470 g/mol. The van der Waals surface area contributed by atoms with Gasteiger partial charge in [0.1, 0.15) is 18.4 Å². The lowest BCUT2D eigenvalue weighted by atomic mass is 9.84. The molecule has 2 fully saturated rings. The fraction of sp³-hybridized carbons (Fsp3) is 0.900. The topological polar surface area (TPSA) is 102 Å². The van der Waals surface area contributed by atoms with E-state index in [2.05, 4.69) is 5.32 Å². The van der Waals surface area contributed by atoms with Gasteiger partial charge in [0.15, 0.2) is 17.3 Å². The average Bonchev–Trinajstić information content (AvgIpc) is 3.18. The third-order valence-corrected chi connectivity index (χ3v) is 5.58. The van der Waals surface area contributed by atoms with E-state index in [1.165, 1.54) is 6.92 Å². The normalized spacial score (nSPS) is 24.2. The predicted molar refractivity (Wildman–Crippen MR) is 156 cm³/mol. The van der Waals surface area contributed by atoms with E-state index in [4.69, 9.17) is 14.6 Å². The van der Waals surface area contributed by atoms with E-state index < -0.39 is 11.5 Å². The molecular formula is C30H63NO6. The number of rotatable bonds is 3. The molecule has 2 aliphatic rings. The zero-order valence-electron chi connectivity index (χ0n) is 23.7. The summed E-state index contributed by atoms with van der Waals surface area (Å²) in [6.07, 6.45) is 1.93. The Bertz CT molecular complexity index is 651. The summed E-state index contributed by atoms with van der Waals surface area (Å²) < 4.78 is 10.8. The van der Waals surface area contributed by atoms with Crippen molar-refractivity contribution in [2.24, 2.45) is 16.2 Å². The van der Waals surface area contributed by atoms with Crippen LogP contribution in [0.2, 0.25) is 0 Å². The molecule has 7 nitrogen and oxygen atoms in total. The summed E-state index contributed by atoms with van der Waals surface area (Å²) in [4.78, 5) is 34.4. The van der Waals surface area contributed by atoms with E-state index in [1.807, 2.05) is 55.4 Å². The highest BCUT2D eigenvalue weighted by Gasteiger charge is 2.35.